The second-order valence-electron chi connectivity index (χ2n) is 3.00. The van der Waals surface area contributed by atoms with E-state index in [9.17, 15) is 9.90 Å². The summed E-state index contributed by atoms with van der Waals surface area (Å²) in [5.74, 6) is -0.480. The number of hydrogen-bond donors (Lipinski definition) is 1. The van der Waals surface area contributed by atoms with Gasteiger partial charge in [-0.15, -0.1) is 0 Å². The highest BCUT2D eigenvalue weighted by Crippen LogP contribution is 2.08. The first-order valence-corrected chi connectivity index (χ1v) is 6.11. The van der Waals surface area contributed by atoms with Crippen LogP contribution in [0.5, 0.6) is 0 Å². The van der Waals surface area contributed by atoms with Gasteiger partial charge in [-0.3, -0.25) is 9.63 Å². The van der Waals surface area contributed by atoms with Crippen molar-refractivity contribution in [3.63, 3.8) is 0 Å². The molecule has 0 saturated carbocycles. The van der Waals surface area contributed by atoms with Crippen LogP contribution >= 0.6 is 0 Å². The molecule has 0 aromatic rings. The number of amides is 1. The number of aliphatic hydroxyl groups is 1. The number of carbonyl (C=O) groups excluding carboxylic acids is 1. The molecule has 104 valence electrons. The fourth-order valence-corrected chi connectivity index (χ4v) is 1.18. The van der Waals surface area contributed by atoms with Crippen molar-refractivity contribution in [3.05, 3.63) is 36.5 Å². The third kappa shape index (κ3) is 6.37. The molecule has 0 aromatic carbocycles. The van der Waals surface area contributed by atoms with Crippen molar-refractivity contribution >= 4 is 5.91 Å². The zero-order chi connectivity index (χ0) is 14.6. The minimum absolute atomic E-state index is 0.383. The van der Waals surface area contributed by atoms with Crippen molar-refractivity contribution in [2.24, 2.45) is 0 Å². The predicted molar refractivity (Wildman–Crippen MR) is 74.8 cm³/mol. The Morgan fingerprint density at radius 3 is 2.39 bits per heavy atom. The largest absolute Gasteiger partial charge is 0.378 e. The quantitative estimate of drug-likeness (QED) is 0.586. The normalized spacial score (nSPS) is 12.7. The average Bonchev–Trinajstić information content (AvgIpc) is 2.42. The maximum atomic E-state index is 11.7. The summed E-state index contributed by atoms with van der Waals surface area (Å²) in [6, 6.07) is 0. The molecule has 1 N–H and O–H groups in total. The molecular formula is C14H25NO3. The number of allylic oxidation sites excluding steroid dienone is 3. The van der Waals surface area contributed by atoms with Gasteiger partial charge in [0.25, 0.3) is 5.91 Å². The minimum Gasteiger partial charge on any atom is -0.378 e. The fraction of sp³-hybridized carbons (Fsp3) is 0.500. The standard InChI is InChI=1S/C12H19NO3.C2H6/c1-5-8-9-10(6-2)11(14)12(15)13(7-3)16-4;1-2/h5-6,8-9,11,14H,1,7H2,2-4H3;1-2H3/b9-8-,10-6+;. The maximum absolute atomic E-state index is 11.7. The van der Waals surface area contributed by atoms with Gasteiger partial charge in [0.1, 0.15) is 0 Å². The van der Waals surface area contributed by atoms with Gasteiger partial charge in [0, 0.05) is 6.54 Å². The van der Waals surface area contributed by atoms with E-state index in [1.54, 1.807) is 38.2 Å². The van der Waals surface area contributed by atoms with E-state index in [0.29, 0.717) is 12.1 Å². The Labute approximate surface area is 110 Å². The van der Waals surface area contributed by atoms with Gasteiger partial charge < -0.3 is 5.11 Å². The number of hydroxylamine groups is 2. The molecule has 1 amide bonds. The van der Waals surface area contributed by atoms with Crippen molar-refractivity contribution in [2.45, 2.75) is 33.8 Å². The Hall–Kier alpha value is -1.39. The molecule has 0 aliphatic rings. The predicted octanol–water partition coefficient (Wildman–Crippen LogP) is 2.47. The molecule has 0 fully saturated rings. The van der Waals surface area contributed by atoms with Crippen molar-refractivity contribution in [3.8, 4) is 0 Å². The van der Waals surface area contributed by atoms with Gasteiger partial charge in [0.15, 0.2) is 6.10 Å². The lowest BCUT2D eigenvalue weighted by Crippen LogP contribution is -2.39. The van der Waals surface area contributed by atoms with Gasteiger partial charge in [-0.2, -0.15) is 0 Å². The van der Waals surface area contributed by atoms with Crippen LogP contribution in [0.4, 0.5) is 0 Å². The molecule has 0 heterocycles. The Bertz CT molecular complexity index is 291. The van der Waals surface area contributed by atoms with Crippen molar-refractivity contribution in [2.75, 3.05) is 13.7 Å². The second kappa shape index (κ2) is 12.1. The van der Waals surface area contributed by atoms with Crippen LogP contribution in [0.3, 0.4) is 0 Å². The summed E-state index contributed by atoms with van der Waals surface area (Å²) in [5, 5.41) is 10.9. The van der Waals surface area contributed by atoms with Gasteiger partial charge in [-0.25, -0.2) is 5.06 Å². The van der Waals surface area contributed by atoms with Gasteiger partial charge in [0.2, 0.25) is 0 Å². The van der Waals surface area contributed by atoms with Crippen LogP contribution in [0, 0.1) is 0 Å². The molecule has 0 aliphatic heterocycles. The van der Waals surface area contributed by atoms with Gasteiger partial charge >= 0.3 is 0 Å². The van der Waals surface area contributed by atoms with Gasteiger partial charge in [-0.05, 0) is 19.4 Å². The number of hydrogen-bond acceptors (Lipinski definition) is 3. The SMILES string of the molecule is C=C/C=C\C(=C/C)C(O)C(=O)N(CC)OC.CC. The van der Waals surface area contributed by atoms with Crippen LogP contribution in [0.25, 0.3) is 0 Å². The molecule has 18 heavy (non-hydrogen) atoms. The molecule has 0 aliphatic carbocycles. The second-order valence-corrected chi connectivity index (χ2v) is 3.00. The molecule has 0 bridgehead atoms. The molecule has 0 rings (SSSR count). The molecule has 4 heteroatoms. The number of rotatable bonds is 6. The van der Waals surface area contributed by atoms with E-state index in [-0.39, 0.29) is 0 Å². The highest BCUT2D eigenvalue weighted by molar-refractivity contribution is 5.83. The van der Waals surface area contributed by atoms with Crippen LogP contribution in [0.2, 0.25) is 0 Å². The third-order valence-electron chi connectivity index (χ3n) is 2.06. The van der Waals surface area contributed by atoms with E-state index in [1.165, 1.54) is 7.11 Å². The summed E-state index contributed by atoms with van der Waals surface area (Å²) in [6.07, 6.45) is 5.34. The maximum Gasteiger partial charge on any atom is 0.279 e. The number of aliphatic hydroxyl groups excluding tert-OH is 1. The molecule has 4 nitrogen and oxygen atoms in total. The lowest BCUT2D eigenvalue weighted by molar-refractivity contribution is -0.181. The number of likely N-dealkylation sites (N-methyl/N-ethyl adjacent to an activating group) is 1. The highest BCUT2D eigenvalue weighted by atomic mass is 16.7. The molecule has 0 spiro atoms. The van der Waals surface area contributed by atoms with Crippen LogP contribution in [-0.2, 0) is 9.63 Å². The van der Waals surface area contributed by atoms with Crippen molar-refractivity contribution < 1.29 is 14.7 Å². The molecule has 0 saturated heterocycles. The van der Waals surface area contributed by atoms with Crippen LogP contribution in [0.1, 0.15) is 27.7 Å². The van der Waals surface area contributed by atoms with E-state index in [0.717, 1.165) is 5.06 Å². The smallest absolute Gasteiger partial charge is 0.279 e. The molecule has 1 atom stereocenters. The Morgan fingerprint density at radius 2 is 2.06 bits per heavy atom. The summed E-state index contributed by atoms with van der Waals surface area (Å²) >= 11 is 0. The Kier molecular flexibility index (Phi) is 12.7. The fourth-order valence-electron chi connectivity index (χ4n) is 1.18. The molecule has 1 unspecified atom stereocenters. The lowest BCUT2D eigenvalue weighted by Gasteiger charge is -2.21. The van der Waals surface area contributed by atoms with E-state index < -0.39 is 12.0 Å². The minimum atomic E-state index is -1.21. The van der Waals surface area contributed by atoms with E-state index in [2.05, 4.69) is 6.58 Å². The summed E-state index contributed by atoms with van der Waals surface area (Å²) in [4.78, 5) is 16.6. The average molecular weight is 255 g/mol. The van der Waals surface area contributed by atoms with Crippen LogP contribution in [-0.4, -0.2) is 35.8 Å². The van der Waals surface area contributed by atoms with E-state index >= 15 is 0 Å². The Balaban J connectivity index is 0. The summed E-state index contributed by atoms with van der Waals surface area (Å²) in [7, 11) is 1.39. The van der Waals surface area contributed by atoms with E-state index in [1.807, 2.05) is 13.8 Å². The van der Waals surface area contributed by atoms with Gasteiger partial charge in [0.05, 0.1) is 7.11 Å². The monoisotopic (exact) mass is 255 g/mol. The number of carbonyl (C=O) groups is 1. The third-order valence-corrected chi connectivity index (χ3v) is 2.06. The zero-order valence-electron chi connectivity index (χ0n) is 12.0. The topological polar surface area (TPSA) is 49.8 Å². The number of nitrogens with zero attached hydrogens (tertiary/aromatic N) is 1. The zero-order valence-corrected chi connectivity index (χ0v) is 12.0. The first-order chi connectivity index (χ1) is 8.62. The molecular weight excluding hydrogens is 230 g/mol. The first-order valence-electron chi connectivity index (χ1n) is 6.11. The van der Waals surface area contributed by atoms with E-state index in [4.69, 9.17) is 4.84 Å². The van der Waals surface area contributed by atoms with Crippen molar-refractivity contribution in [1.82, 2.24) is 5.06 Å². The summed E-state index contributed by atoms with van der Waals surface area (Å²) < 4.78 is 0. The Morgan fingerprint density at radius 1 is 1.50 bits per heavy atom. The highest BCUT2D eigenvalue weighted by Gasteiger charge is 2.23. The first kappa shape index (κ1) is 19.0. The summed E-state index contributed by atoms with van der Waals surface area (Å²) in [5.41, 5.74) is 0.514. The van der Waals surface area contributed by atoms with Crippen LogP contribution in [0.15, 0.2) is 36.5 Å². The lowest BCUT2D eigenvalue weighted by atomic mass is 10.1. The molecule has 0 radical (unpaired) electrons. The molecule has 0 aromatic heterocycles. The van der Waals surface area contributed by atoms with Crippen LogP contribution < -0.4 is 0 Å². The summed E-state index contributed by atoms with van der Waals surface area (Å²) in [6.45, 7) is 11.4. The van der Waals surface area contributed by atoms with Gasteiger partial charge in [-0.1, -0.05) is 44.7 Å². The van der Waals surface area contributed by atoms with Crippen molar-refractivity contribution in [1.29, 1.82) is 0 Å².